The lowest BCUT2D eigenvalue weighted by molar-refractivity contribution is 0.0804. The van der Waals surface area contributed by atoms with Crippen LogP contribution < -0.4 is 0 Å². The number of rotatable bonds is 5. The van der Waals surface area contributed by atoms with Crippen molar-refractivity contribution in [2.45, 2.75) is 5.41 Å². The zero-order chi connectivity index (χ0) is 18.6. The van der Waals surface area contributed by atoms with Crippen molar-refractivity contribution in [3.05, 3.63) is 95.6 Å². The molecule has 0 heterocycles. The molecule has 0 fully saturated rings. The van der Waals surface area contributed by atoms with Crippen molar-refractivity contribution in [3.8, 4) is 11.5 Å². The van der Waals surface area contributed by atoms with Crippen molar-refractivity contribution in [3.63, 3.8) is 0 Å². The lowest BCUT2D eigenvalue weighted by atomic mass is 9.70. The Morgan fingerprint density at radius 2 is 1.15 bits per heavy atom. The monoisotopic (exact) mass is 350 g/mol. The van der Waals surface area contributed by atoms with Gasteiger partial charge in [-0.3, -0.25) is 0 Å². The third kappa shape index (κ3) is 3.32. The van der Waals surface area contributed by atoms with Crippen LogP contribution in [0.15, 0.2) is 78.9 Å². The summed E-state index contributed by atoms with van der Waals surface area (Å²) in [6, 6.07) is 22.5. The van der Waals surface area contributed by atoms with Gasteiger partial charge in [0.15, 0.2) is 0 Å². The van der Waals surface area contributed by atoms with Gasteiger partial charge in [0, 0.05) is 0 Å². The minimum absolute atomic E-state index is 0.112. The highest BCUT2D eigenvalue weighted by Crippen LogP contribution is 2.40. The lowest BCUT2D eigenvalue weighted by Crippen LogP contribution is -2.35. The number of ether oxygens (including phenoxy) is 1. The molecule has 0 saturated carbocycles. The van der Waals surface area contributed by atoms with E-state index < -0.39 is 11.6 Å². The second kappa shape index (κ2) is 7.19. The molecule has 0 aliphatic heterocycles. The Balaban J connectivity index is 2.27. The summed E-state index contributed by atoms with van der Waals surface area (Å²) in [5.41, 5.74) is 1.42. The molecule has 0 aliphatic rings. The molecule has 0 atom stereocenters. The van der Waals surface area contributed by atoms with Crippen molar-refractivity contribution in [1.29, 1.82) is 0 Å². The molecule has 0 unspecified atom stereocenters. The summed E-state index contributed by atoms with van der Waals surface area (Å²) in [4.78, 5) is 11.1. The van der Waals surface area contributed by atoms with Crippen molar-refractivity contribution in [1.82, 2.24) is 0 Å². The van der Waals surface area contributed by atoms with Crippen LogP contribution in [0.5, 0.6) is 11.5 Å². The summed E-state index contributed by atoms with van der Waals surface area (Å²) in [7, 11) is 0. The molecule has 0 aliphatic carbocycles. The maximum Gasteiger partial charge on any atom is 0.505 e. The number of hydrogen-bond donors (Lipinski definition) is 3. The summed E-state index contributed by atoms with van der Waals surface area (Å²) >= 11 is 0. The zero-order valence-corrected chi connectivity index (χ0v) is 13.9. The normalized spacial score (nSPS) is 11.1. The van der Waals surface area contributed by atoms with Gasteiger partial charge in [-0.15, -0.1) is 0 Å². The maximum absolute atomic E-state index is 11.1. The first kappa shape index (κ1) is 17.4. The van der Waals surface area contributed by atoms with Crippen molar-refractivity contribution in [2.75, 3.05) is 6.61 Å². The maximum atomic E-state index is 11.1. The van der Waals surface area contributed by atoms with Gasteiger partial charge in [-0.05, 0) is 41.0 Å². The van der Waals surface area contributed by atoms with E-state index in [9.17, 15) is 15.0 Å². The Morgan fingerprint density at radius 1 is 0.731 bits per heavy atom. The first-order valence-corrected chi connectivity index (χ1v) is 8.02. The predicted octanol–water partition coefficient (Wildman–Crippen LogP) is 4.13. The van der Waals surface area contributed by atoms with Gasteiger partial charge in [-0.25, -0.2) is 4.79 Å². The highest BCUT2D eigenvalue weighted by atomic mass is 16.7. The molecule has 26 heavy (non-hydrogen) atoms. The summed E-state index contributed by atoms with van der Waals surface area (Å²) in [6.07, 6.45) is -1.37. The highest BCUT2D eigenvalue weighted by Gasteiger charge is 2.38. The minimum atomic E-state index is -1.37. The largest absolute Gasteiger partial charge is 0.508 e. The van der Waals surface area contributed by atoms with Crippen LogP contribution in [-0.4, -0.2) is 28.1 Å². The molecule has 0 radical (unpaired) electrons. The first-order valence-electron chi connectivity index (χ1n) is 8.02. The molecule has 0 saturated heterocycles. The average Bonchev–Trinajstić information content (AvgIpc) is 2.65. The third-order valence-corrected chi connectivity index (χ3v) is 4.40. The number of hydrogen-bond acceptors (Lipinski definition) is 4. The van der Waals surface area contributed by atoms with E-state index in [0.717, 1.165) is 16.7 Å². The number of benzene rings is 3. The number of carbonyl (C=O) groups is 1. The van der Waals surface area contributed by atoms with Gasteiger partial charge in [0.1, 0.15) is 18.1 Å². The smallest absolute Gasteiger partial charge is 0.505 e. The van der Waals surface area contributed by atoms with Gasteiger partial charge in [-0.2, -0.15) is 0 Å². The summed E-state index contributed by atoms with van der Waals surface area (Å²) < 4.78 is 5.02. The van der Waals surface area contributed by atoms with Gasteiger partial charge >= 0.3 is 6.16 Å². The van der Waals surface area contributed by atoms with Crippen molar-refractivity contribution >= 4 is 6.16 Å². The molecule has 0 amide bonds. The average molecular weight is 350 g/mol. The van der Waals surface area contributed by atoms with Crippen LogP contribution in [0.3, 0.4) is 0 Å². The molecule has 5 nitrogen and oxygen atoms in total. The second-order valence-corrected chi connectivity index (χ2v) is 5.92. The molecule has 3 N–H and O–H groups in total. The van der Waals surface area contributed by atoms with Gasteiger partial charge in [-0.1, -0.05) is 54.6 Å². The fourth-order valence-corrected chi connectivity index (χ4v) is 3.13. The standard InChI is InChI=1S/C21H18O5/c22-18-10-6-16(7-11-18)21(14-26-20(24)25,15-4-2-1-3-5-15)17-8-12-19(23)13-9-17/h1-13,22-23H,14H2,(H,24,25). The molecule has 3 rings (SSSR count). The van der Waals surface area contributed by atoms with Crippen LogP contribution in [0, 0.1) is 0 Å². The SMILES string of the molecule is O=C(O)OCC(c1ccccc1)(c1ccc(O)cc1)c1ccc(O)cc1. The fraction of sp³-hybridized carbons (Fsp3) is 0.0952. The molecular weight excluding hydrogens is 332 g/mol. The van der Waals surface area contributed by atoms with Crippen LogP contribution in [0.4, 0.5) is 4.79 Å². The van der Waals surface area contributed by atoms with Gasteiger partial charge in [0.25, 0.3) is 0 Å². The third-order valence-electron chi connectivity index (χ3n) is 4.40. The quantitative estimate of drug-likeness (QED) is 0.476. The Hall–Kier alpha value is -3.47. The first-order chi connectivity index (χ1) is 12.5. The Bertz CT molecular complexity index is 825. The molecule has 3 aromatic rings. The molecule has 3 aromatic carbocycles. The van der Waals surface area contributed by atoms with Gasteiger partial charge in [0.2, 0.25) is 0 Å². The molecule has 132 valence electrons. The van der Waals surface area contributed by atoms with Gasteiger partial charge in [0.05, 0.1) is 5.41 Å². The van der Waals surface area contributed by atoms with Crippen molar-refractivity contribution < 1.29 is 24.9 Å². The summed E-state index contributed by atoms with van der Waals surface area (Å²) in [5.74, 6) is 0.223. The second-order valence-electron chi connectivity index (χ2n) is 5.92. The van der Waals surface area contributed by atoms with E-state index in [4.69, 9.17) is 9.84 Å². The lowest BCUT2D eigenvalue weighted by Gasteiger charge is -2.35. The molecular formula is C21H18O5. The number of aromatic hydroxyl groups is 2. The van der Waals surface area contributed by atoms with Crippen LogP contribution >= 0.6 is 0 Å². The fourth-order valence-electron chi connectivity index (χ4n) is 3.13. The van der Waals surface area contributed by atoms with E-state index in [2.05, 4.69) is 0 Å². The molecule has 0 bridgehead atoms. The van der Waals surface area contributed by atoms with E-state index in [1.165, 1.54) is 0 Å². The Kier molecular flexibility index (Phi) is 4.80. The van der Waals surface area contributed by atoms with Crippen LogP contribution in [0.25, 0.3) is 0 Å². The van der Waals surface area contributed by atoms with Crippen LogP contribution in [0.2, 0.25) is 0 Å². The number of carboxylic acid groups (broad SMARTS) is 1. The summed E-state index contributed by atoms with van der Waals surface area (Å²) in [6.45, 7) is -0.151. The Morgan fingerprint density at radius 3 is 1.58 bits per heavy atom. The van der Waals surface area contributed by atoms with Crippen molar-refractivity contribution in [2.24, 2.45) is 0 Å². The minimum Gasteiger partial charge on any atom is -0.508 e. The Labute approximate surface area is 150 Å². The molecule has 0 aromatic heterocycles. The van der Waals surface area contributed by atoms with E-state index in [1.54, 1.807) is 48.5 Å². The number of phenols is 2. The van der Waals surface area contributed by atoms with Gasteiger partial charge < -0.3 is 20.1 Å². The van der Waals surface area contributed by atoms with E-state index >= 15 is 0 Å². The summed E-state index contributed by atoms with van der Waals surface area (Å²) in [5, 5.41) is 28.4. The highest BCUT2D eigenvalue weighted by molar-refractivity contribution is 5.59. The van der Waals surface area contributed by atoms with E-state index in [0.29, 0.717) is 0 Å². The van der Waals surface area contributed by atoms with E-state index in [-0.39, 0.29) is 18.1 Å². The molecule has 0 spiro atoms. The molecule has 5 heteroatoms. The van der Waals surface area contributed by atoms with Crippen LogP contribution in [0.1, 0.15) is 16.7 Å². The topological polar surface area (TPSA) is 87.0 Å². The predicted molar refractivity (Wildman–Crippen MR) is 96.5 cm³/mol. The van der Waals surface area contributed by atoms with Crippen LogP contribution in [-0.2, 0) is 10.2 Å². The zero-order valence-electron chi connectivity index (χ0n) is 13.9. The number of phenolic OH excluding ortho intramolecular Hbond substituents is 2. The van der Waals surface area contributed by atoms with E-state index in [1.807, 2.05) is 30.3 Å².